The Kier molecular flexibility index (Phi) is 6.56. The van der Waals surface area contributed by atoms with E-state index in [9.17, 15) is 0 Å². The number of rotatable bonds is 8. The van der Waals surface area contributed by atoms with E-state index >= 15 is 0 Å². The summed E-state index contributed by atoms with van der Waals surface area (Å²) in [6.07, 6.45) is 6.78. The predicted molar refractivity (Wildman–Crippen MR) is 89.9 cm³/mol. The monoisotopic (exact) mass is 289 g/mol. The Morgan fingerprint density at radius 1 is 1.14 bits per heavy atom. The molecule has 118 valence electrons. The van der Waals surface area contributed by atoms with E-state index in [1.807, 2.05) is 0 Å². The van der Waals surface area contributed by atoms with Crippen molar-refractivity contribution in [1.29, 1.82) is 0 Å². The minimum absolute atomic E-state index is 0.723. The van der Waals surface area contributed by atoms with E-state index in [1.54, 1.807) is 7.11 Å². The zero-order valence-electron chi connectivity index (χ0n) is 13.9. The molecule has 21 heavy (non-hydrogen) atoms. The van der Waals surface area contributed by atoms with Crippen molar-refractivity contribution >= 4 is 0 Å². The van der Waals surface area contributed by atoms with Crippen LogP contribution < -0.4 is 10.1 Å². The summed E-state index contributed by atoms with van der Waals surface area (Å²) in [6, 6.07) is 8.50. The Morgan fingerprint density at radius 3 is 2.52 bits per heavy atom. The lowest BCUT2D eigenvalue weighted by molar-refractivity contribution is 0.311. The van der Waals surface area contributed by atoms with Crippen LogP contribution in [-0.2, 0) is 6.42 Å². The molecule has 0 aromatic heterocycles. The van der Waals surface area contributed by atoms with Crippen LogP contribution >= 0.6 is 0 Å². The van der Waals surface area contributed by atoms with Crippen LogP contribution in [0.4, 0.5) is 0 Å². The highest BCUT2D eigenvalue weighted by atomic mass is 16.5. The van der Waals surface area contributed by atoms with Gasteiger partial charge in [-0.15, -0.1) is 0 Å². The Balaban J connectivity index is 2.00. The van der Waals surface area contributed by atoms with Crippen LogP contribution in [0.5, 0.6) is 5.75 Å². The zero-order valence-corrected chi connectivity index (χ0v) is 13.9. The van der Waals surface area contributed by atoms with Gasteiger partial charge in [0.15, 0.2) is 0 Å². The van der Waals surface area contributed by atoms with Gasteiger partial charge in [-0.2, -0.15) is 0 Å². The van der Waals surface area contributed by atoms with Crippen molar-refractivity contribution in [2.75, 3.05) is 20.2 Å². The molecule has 0 heterocycles. The molecule has 1 fully saturated rings. The van der Waals surface area contributed by atoms with Crippen molar-refractivity contribution in [3.8, 4) is 5.75 Å². The lowest BCUT2D eigenvalue weighted by Gasteiger charge is -2.25. The molecule has 2 rings (SSSR count). The minimum atomic E-state index is 0.723. The van der Waals surface area contributed by atoms with E-state index in [2.05, 4.69) is 43.4 Å². The Labute approximate surface area is 130 Å². The highest BCUT2D eigenvalue weighted by molar-refractivity contribution is 5.33. The first-order valence-electron chi connectivity index (χ1n) is 8.53. The lowest BCUT2D eigenvalue weighted by atomic mass is 9.85. The molecule has 0 amide bonds. The largest absolute Gasteiger partial charge is 0.496 e. The smallest absolute Gasteiger partial charge is 0.122 e. The molecule has 0 saturated heterocycles. The first kappa shape index (κ1) is 16.4. The molecular formula is C19H31NO. The predicted octanol–water partition coefficient (Wildman–Crippen LogP) is 4.29. The topological polar surface area (TPSA) is 21.3 Å². The van der Waals surface area contributed by atoms with Gasteiger partial charge >= 0.3 is 0 Å². The average molecular weight is 289 g/mol. The molecule has 1 aliphatic carbocycles. The molecule has 1 unspecified atom stereocenters. The Morgan fingerprint density at radius 2 is 1.86 bits per heavy atom. The third kappa shape index (κ3) is 5.03. The van der Waals surface area contributed by atoms with Gasteiger partial charge in [-0.05, 0) is 48.9 Å². The number of para-hydroxylation sites is 1. The van der Waals surface area contributed by atoms with Crippen LogP contribution in [0.2, 0.25) is 0 Å². The maximum atomic E-state index is 5.53. The maximum absolute atomic E-state index is 5.53. The number of nitrogens with one attached hydrogen (secondary N) is 1. The summed E-state index contributed by atoms with van der Waals surface area (Å²) in [5.74, 6) is 3.39. The number of methoxy groups -OCH3 is 1. The SMILES string of the molecule is COc1ccccc1CC(CNCC(C)C)C1CCCC1. The molecule has 2 nitrogen and oxygen atoms in total. The third-order valence-corrected chi connectivity index (χ3v) is 4.70. The van der Waals surface area contributed by atoms with E-state index in [4.69, 9.17) is 4.74 Å². The Bertz CT molecular complexity index is 410. The molecule has 1 aliphatic rings. The van der Waals surface area contributed by atoms with Gasteiger partial charge in [-0.1, -0.05) is 57.7 Å². The first-order valence-corrected chi connectivity index (χ1v) is 8.53. The Hall–Kier alpha value is -1.02. The summed E-state index contributed by atoms with van der Waals surface area (Å²) in [7, 11) is 1.78. The van der Waals surface area contributed by atoms with E-state index in [-0.39, 0.29) is 0 Å². The fraction of sp³-hybridized carbons (Fsp3) is 0.684. The van der Waals surface area contributed by atoms with Gasteiger partial charge < -0.3 is 10.1 Å². The summed E-state index contributed by atoms with van der Waals surface area (Å²) < 4.78 is 5.53. The highest BCUT2D eigenvalue weighted by Crippen LogP contribution is 2.34. The third-order valence-electron chi connectivity index (χ3n) is 4.70. The van der Waals surface area contributed by atoms with Gasteiger partial charge in [0.2, 0.25) is 0 Å². The minimum Gasteiger partial charge on any atom is -0.496 e. The molecule has 1 N–H and O–H groups in total. The van der Waals surface area contributed by atoms with Crippen molar-refractivity contribution in [3.05, 3.63) is 29.8 Å². The van der Waals surface area contributed by atoms with E-state index < -0.39 is 0 Å². The molecule has 2 heteroatoms. The van der Waals surface area contributed by atoms with Gasteiger partial charge in [-0.3, -0.25) is 0 Å². The highest BCUT2D eigenvalue weighted by Gasteiger charge is 2.25. The molecule has 1 aromatic carbocycles. The molecule has 1 aromatic rings. The molecule has 0 aliphatic heterocycles. The first-order chi connectivity index (χ1) is 10.2. The van der Waals surface area contributed by atoms with Crippen molar-refractivity contribution in [2.24, 2.45) is 17.8 Å². The lowest BCUT2D eigenvalue weighted by Crippen LogP contribution is -2.31. The van der Waals surface area contributed by atoms with Crippen molar-refractivity contribution in [2.45, 2.75) is 46.0 Å². The van der Waals surface area contributed by atoms with Crippen LogP contribution in [0.15, 0.2) is 24.3 Å². The molecular weight excluding hydrogens is 258 g/mol. The van der Waals surface area contributed by atoms with Crippen LogP contribution in [0, 0.1) is 17.8 Å². The molecule has 1 saturated carbocycles. The zero-order chi connectivity index (χ0) is 15.1. The van der Waals surface area contributed by atoms with Gasteiger partial charge in [0.1, 0.15) is 5.75 Å². The van der Waals surface area contributed by atoms with Crippen LogP contribution in [0.1, 0.15) is 45.1 Å². The molecule has 0 radical (unpaired) electrons. The molecule has 1 atom stereocenters. The number of ether oxygens (including phenoxy) is 1. The number of benzene rings is 1. The standard InChI is InChI=1S/C19H31NO/c1-15(2)13-20-14-18(16-8-4-5-9-16)12-17-10-6-7-11-19(17)21-3/h6-7,10-11,15-16,18,20H,4-5,8-9,12-14H2,1-3H3. The second-order valence-corrected chi connectivity index (χ2v) is 6.87. The van der Waals surface area contributed by atoms with E-state index in [0.29, 0.717) is 0 Å². The van der Waals surface area contributed by atoms with Gasteiger partial charge in [-0.25, -0.2) is 0 Å². The number of hydrogen-bond acceptors (Lipinski definition) is 2. The quantitative estimate of drug-likeness (QED) is 0.771. The van der Waals surface area contributed by atoms with Crippen LogP contribution in [0.3, 0.4) is 0 Å². The van der Waals surface area contributed by atoms with Crippen molar-refractivity contribution < 1.29 is 4.74 Å². The second-order valence-electron chi connectivity index (χ2n) is 6.87. The van der Waals surface area contributed by atoms with E-state index in [1.165, 1.54) is 31.2 Å². The number of hydrogen-bond donors (Lipinski definition) is 1. The molecule has 0 bridgehead atoms. The van der Waals surface area contributed by atoms with Gasteiger partial charge in [0.25, 0.3) is 0 Å². The summed E-state index contributed by atoms with van der Waals surface area (Å²) in [4.78, 5) is 0. The normalized spacial score (nSPS) is 17.3. The van der Waals surface area contributed by atoms with Crippen molar-refractivity contribution in [1.82, 2.24) is 5.32 Å². The van der Waals surface area contributed by atoms with Crippen LogP contribution in [-0.4, -0.2) is 20.2 Å². The molecule has 0 spiro atoms. The maximum Gasteiger partial charge on any atom is 0.122 e. The fourth-order valence-electron chi connectivity index (χ4n) is 3.55. The fourth-order valence-corrected chi connectivity index (χ4v) is 3.55. The summed E-state index contributed by atoms with van der Waals surface area (Å²) >= 11 is 0. The van der Waals surface area contributed by atoms with Gasteiger partial charge in [0, 0.05) is 0 Å². The van der Waals surface area contributed by atoms with Crippen molar-refractivity contribution in [3.63, 3.8) is 0 Å². The second kappa shape index (κ2) is 8.43. The average Bonchev–Trinajstić information content (AvgIpc) is 3.00. The van der Waals surface area contributed by atoms with Gasteiger partial charge in [0.05, 0.1) is 7.11 Å². The summed E-state index contributed by atoms with van der Waals surface area (Å²) in [6.45, 7) is 6.81. The summed E-state index contributed by atoms with van der Waals surface area (Å²) in [5.41, 5.74) is 1.36. The summed E-state index contributed by atoms with van der Waals surface area (Å²) in [5, 5.41) is 3.68. The van der Waals surface area contributed by atoms with Crippen LogP contribution in [0.25, 0.3) is 0 Å². The van der Waals surface area contributed by atoms with E-state index in [0.717, 1.165) is 43.0 Å².